The molecule has 4 nitrogen and oxygen atoms in total. The Morgan fingerprint density at radius 3 is 1.05 bits per heavy atom. The van der Waals surface area contributed by atoms with E-state index in [0.29, 0.717) is 0 Å². The summed E-state index contributed by atoms with van der Waals surface area (Å²) in [6, 6.07) is 95.4. The smallest absolute Gasteiger partial charge is 0.179 e. The Balaban J connectivity index is 0.000000124. The molecule has 0 aliphatic heterocycles. The van der Waals surface area contributed by atoms with E-state index in [2.05, 4.69) is 243 Å². The zero-order chi connectivity index (χ0) is 54.7. The van der Waals surface area contributed by atoms with Crippen LogP contribution in [0.4, 0.5) is 0 Å². The molecule has 84 heavy (non-hydrogen) atoms. The summed E-state index contributed by atoms with van der Waals surface area (Å²) < 4.78 is 26.2. The summed E-state index contributed by atoms with van der Waals surface area (Å²) in [4.78, 5) is 0. The molecule has 0 bridgehead atoms. The molecule has 4 heterocycles. The molecular weight excluding hydrogens is 1020 g/mol. The predicted molar refractivity (Wildman–Crippen MR) is 351 cm³/mol. The highest BCUT2D eigenvalue weighted by Crippen LogP contribution is 2.53. The minimum absolute atomic E-state index is 0.812. The SMILES string of the molecule is c1ccc(-c2c3ccccc3c(-c3cc4cccc5oc6c7c(cc3c6c45)oc3ccccc37)c3ccccc23)cc1.c1ccc(-c2c3ccccc3c(-c3cc4cccc5oc6c7oc8ccccc8c7cc3c6c45)c3ccccc23)cc1. The van der Waals surface area contributed by atoms with Crippen molar-refractivity contribution in [3.8, 4) is 44.5 Å². The Bertz CT molecular complexity index is 5970. The molecule has 16 aromatic carbocycles. The Labute approximate surface area is 478 Å². The molecule has 20 aromatic rings. The average Bonchev–Trinajstić information content (AvgIpc) is 1.67. The van der Waals surface area contributed by atoms with Gasteiger partial charge in [0, 0.05) is 37.7 Å². The molecule has 0 amide bonds. The molecular formula is C80H44O4. The van der Waals surface area contributed by atoms with Gasteiger partial charge in [-0.3, -0.25) is 0 Å². The first kappa shape index (κ1) is 45.5. The van der Waals surface area contributed by atoms with E-state index >= 15 is 0 Å². The van der Waals surface area contributed by atoms with Crippen molar-refractivity contribution >= 4 is 152 Å². The highest BCUT2D eigenvalue weighted by atomic mass is 16.4. The van der Waals surface area contributed by atoms with E-state index in [1.165, 1.54) is 109 Å². The van der Waals surface area contributed by atoms with Crippen molar-refractivity contribution in [1.82, 2.24) is 0 Å². The molecule has 0 atom stereocenters. The average molecular weight is 1070 g/mol. The second-order valence-electron chi connectivity index (χ2n) is 22.4. The lowest BCUT2D eigenvalue weighted by Gasteiger charge is -2.19. The van der Waals surface area contributed by atoms with Gasteiger partial charge in [-0.2, -0.15) is 0 Å². The number of hydrogen-bond donors (Lipinski definition) is 0. The molecule has 0 unspecified atom stereocenters. The summed E-state index contributed by atoms with van der Waals surface area (Å²) in [6.07, 6.45) is 0. The minimum Gasteiger partial charge on any atom is -0.456 e. The van der Waals surface area contributed by atoms with Crippen molar-refractivity contribution in [2.75, 3.05) is 0 Å². The van der Waals surface area contributed by atoms with Gasteiger partial charge in [-0.25, -0.2) is 0 Å². The van der Waals surface area contributed by atoms with E-state index in [9.17, 15) is 0 Å². The van der Waals surface area contributed by atoms with Crippen LogP contribution >= 0.6 is 0 Å². The number of fused-ring (bicyclic) bond motifs is 12. The van der Waals surface area contributed by atoms with Crippen LogP contribution in [0.1, 0.15) is 0 Å². The predicted octanol–water partition coefficient (Wildman–Crippen LogP) is 23.4. The van der Waals surface area contributed by atoms with Crippen LogP contribution in [-0.2, 0) is 0 Å². The number of furan rings is 4. The third kappa shape index (κ3) is 6.26. The van der Waals surface area contributed by atoms with Crippen molar-refractivity contribution in [3.05, 3.63) is 267 Å². The molecule has 0 N–H and O–H groups in total. The van der Waals surface area contributed by atoms with E-state index in [1.54, 1.807) is 0 Å². The lowest BCUT2D eigenvalue weighted by Crippen LogP contribution is -1.92. The van der Waals surface area contributed by atoms with Gasteiger partial charge in [0.05, 0.1) is 5.39 Å². The van der Waals surface area contributed by atoms with Crippen molar-refractivity contribution in [2.45, 2.75) is 0 Å². The maximum absolute atomic E-state index is 6.68. The van der Waals surface area contributed by atoms with Gasteiger partial charge in [-0.1, -0.05) is 218 Å². The fourth-order valence-corrected chi connectivity index (χ4v) is 14.6. The second kappa shape index (κ2) is 17.2. The van der Waals surface area contributed by atoms with Gasteiger partial charge in [-0.05, 0) is 158 Å². The molecule has 0 saturated heterocycles. The molecule has 0 spiro atoms. The molecule has 4 heteroatoms. The fraction of sp³-hybridized carbons (Fsp3) is 0. The third-order valence-electron chi connectivity index (χ3n) is 18.0. The van der Waals surface area contributed by atoms with E-state index in [-0.39, 0.29) is 0 Å². The first-order chi connectivity index (χ1) is 41.7. The van der Waals surface area contributed by atoms with Gasteiger partial charge < -0.3 is 17.7 Å². The Morgan fingerprint density at radius 2 is 0.548 bits per heavy atom. The monoisotopic (exact) mass is 1070 g/mol. The van der Waals surface area contributed by atoms with E-state index < -0.39 is 0 Å². The molecule has 0 fully saturated rings. The normalized spacial score (nSPS) is 12.3. The molecule has 20 rings (SSSR count). The van der Waals surface area contributed by atoms with Gasteiger partial charge in [0.2, 0.25) is 0 Å². The summed E-state index contributed by atoms with van der Waals surface area (Å²) in [5.41, 5.74) is 16.8. The van der Waals surface area contributed by atoms with Gasteiger partial charge >= 0.3 is 0 Å². The van der Waals surface area contributed by atoms with Gasteiger partial charge in [0.25, 0.3) is 0 Å². The standard InChI is InChI=1S/2C40H22O2/c1-2-11-23(12-3-1)35-26-15-4-6-17-28(26)37(29-18-7-5-16-27(29)35)30-21-24-13-10-20-34-36(24)38-31(30)22-32-25-14-8-9-19-33(25)41-39(32)40(38)42-34;1-2-11-23(12-3-1)35-25-14-4-6-16-27(25)37(28-17-7-5-15-26(28)35)30-21-24-13-10-20-33-36(24)39-31(30)22-34-38(40(39)42-33)29-18-8-9-19-32(29)41-34/h2*1-22H. The van der Waals surface area contributed by atoms with Gasteiger partial charge in [0.15, 0.2) is 11.2 Å². The third-order valence-corrected chi connectivity index (χ3v) is 18.0. The van der Waals surface area contributed by atoms with Crippen LogP contribution < -0.4 is 0 Å². The first-order valence-electron chi connectivity index (χ1n) is 28.7. The topological polar surface area (TPSA) is 52.6 Å². The maximum Gasteiger partial charge on any atom is 0.179 e. The van der Waals surface area contributed by atoms with Crippen molar-refractivity contribution in [2.24, 2.45) is 0 Å². The van der Waals surface area contributed by atoms with Crippen molar-refractivity contribution in [1.29, 1.82) is 0 Å². The lowest BCUT2D eigenvalue weighted by atomic mass is 9.83. The zero-order valence-corrected chi connectivity index (χ0v) is 45.0. The summed E-state index contributed by atoms with van der Waals surface area (Å²) in [5, 5.41) is 23.6. The lowest BCUT2D eigenvalue weighted by molar-refractivity contribution is 0.633. The summed E-state index contributed by atoms with van der Waals surface area (Å²) in [5.74, 6) is 0. The second-order valence-corrected chi connectivity index (χ2v) is 22.4. The molecule has 0 aliphatic carbocycles. The van der Waals surface area contributed by atoms with Gasteiger partial charge in [0.1, 0.15) is 33.5 Å². The minimum atomic E-state index is 0.812. The van der Waals surface area contributed by atoms with E-state index in [0.717, 1.165) is 87.8 Å². The van der Waals surface area contributed by atoms with E-state index in [1.807, 2.05) is 24.3 Å². The van der Waals surface area contributed by atoms with Crippen LogP contribution in [0.25, 0.3) is 197 Å². The Hall–Kier alpha value is -11.2. The van der Waals surface area contributed by atoms with Crippen molar-refractivity contribution in [3.63, 3.8) is 0 Å². The Morgan fingerprint density at radius 1 is 0.179 bits per heavy atom. The molecule has 4 aromatic heterocycles. The highest BCUT2D eigenvalue weighted by Gasteiger charge is 2.27. The number of rotatable bonds is 4. The van der Waals surface area contributed by atoms with Crippen LogP contribution in [-0.4, -0.2) is 0 Å². The van der Waals surface area contributed by atoms with Crippen LogP contribution in [0.5, 0.6) is 0 Å². The Kier molecular flexibility index (Phi) is 9.30. The van der Waals surface area contributed by atoms with Crippen LogP contribution in [0.3, 0.4) is 0 Å². The number of benzene rings is 16. The molecule has 0 aliphatic rings. The number of para-hydroxylation sites is 2. The maximum atomic E-state index is 6.68. The van der Waals surface area contributed by atoms with Gasteiger partial charge in [-0.15, -0.1) is 0 Å². The summed E-state index contributed by atoms with van der Waals surface area (Å²) in [7, 11) is 0. The zero-order valence-electron chi connectivity index (χ0n) is 45.0. The van der Waals surface area contributed by atoms with Crippen LogP contribution in [0.2, 0.25) is 0 Å². The summed E-state index contributed by atoms with van der Waals surface area (Å²) in [6.45, 7) is 0. The molecule has 0 radical (unpaired) electrons. The first-order valence-corrected chi connectivity index (χ1v) is 28.7. The summed E-state index contributed by atoms with van der Waals surface area (Å²) >= 11 is 0. The fourth-order valence-electron chi connectivity index (χ4n) is 14.6. The molecule has 0 saturated carbocycles. The van der Waals surface area contributed by atoms with E-state index in [4.69, 9.17) is 17.7 Å². The largest absolute Gasteiger partial charge is 0.456 e. The number of hydrogen-bond acceptors (Lipinski definition) is 4. The van der Waals surface area contributed by atoms with Crippen LogP contribution in [0.15, 0.2) is 285 Å². The quantitative estimate of drug-likeness (QED) is 0.130. The highest BCUT2D eigenvalue weighted by molar-refractivity contribution is 6.37. The van der Waals surface area contributed by atoms with Crippen molar-refractivity contribution < 1.29 is 17.7 Å². The molecule has 388 valence electrons. The van der Waals surface area contributed by atoms with Crippen LogP contribution in [0, 0.1) is 0 Å².